The molecule has 2 aromatic carbocycles. The summed E-state index contributed by atoms with van der Waals surface area (Å²) in [7, 11) is 0. The topological polar surface area (TPSA) is 54.7 Å². The first-order chi connectivity index (χ1) is 11.8. The van der Waals surface area contributed by atoms with Crippen molar-refractivity contribution in [2.75, 3.05) is 0 Å². The number of aromatic hydroxyl groups is 1. The van der Waals surface area contributed by atoms with Crippen molar-refractivity contribution in [1.29, 1.82) is 0 Å². The Balaban J connectivity index is 1.81. The van der Waals surface area contributed by atoms with Crippen molar-refractivity contribution in [2.45, 2.75) is 13.0 Å². The average Bonchev–Trinajstić information content (AvgIpc) is 2.63. The summed E-state index contributed by atoms with van der Waals surface area (Å²) >= 11 is 0. The van der Waals surface area contributed by atoms with Gasteiger partial charge in [0.05, 0.1) is 0 Å². The zero-order valence-electron chi connectivity index (χ0n) is 13.2. The molecule has 0 saturated heterocycles. The van der Waals surface area contributed by atoms with Crippen LogP contribution >= 0.6 is 0 Å². The molecule has 1 aromatic heterocycles. The van der Waals surface area contributed by atoms with Gasteiger partial charge in [-0.25, -0.2) is 0 Å². The summed E-state index contributed by atoms with van der Waals surface area (Å²) in [5.74, 6) is 0.0930. The summed E-state index contributed by atoms with van der Waals surface area (Å²) in [6, 6.07) is 23.0. The fourth-order valence-electron chi connectivity index (χ4n) is 2.33. The van der Waals surface area contributed by atoms with E-state index < -0.39 is 0 Å². The highest BCUT2D eigenvalue weighted by Gasteiger charge is 2.12. The number of aromatic nitrogens is 1. The SMILES string of the molecule is Oc1cccnc1C(Cc1ccccc1)=NOCc1ccccc1. The van der Waals surface area contributed by atoms with E-state index in [1.807, 2.05) is 60.7 Å². The molecule has 4 heteroatoms. The summed E-state index contributed by atoms with van der Waals surface area (Å²) < 4.78 is 0. The van der Waals surface area contributed by atoms with Gasteiger partial charge in [-0.15, -0.1) is 0 Å². The molecule has 1 heterocycles. The fraction of sp³-hybridized carbons (Fsp3) is 0.100. The van der Waals surface area contributed by atoms with Crippen LogP contribution in [-0.4, -0.2) is 15.8 Å². The van der Waals surface area contributed by atoms with Gasteiger partial charge in [0.2, 0.25) is 0 Å². The molecule has 0 aliphatic heterocycles. The van der Waals surface area contributed by atoms with Crippen LogP contribution in [-0.2, 0) is 17.9 Å². The minimum atomic E-state index is 0.0930. The van der Waals surface area contributed by atoms with E-state index in [0.29, 0.717) is 24.4 Å². The van der Waals surface area contributed by atoms with Gasteiger partial charge in [0.15, 0.2) is 0 Å². The molecular weight excluding hydrogens is 300 g/mol. The van der Waals surface area contributed by atoms with Gasteiger partial charge < -0.3 is 9.94 Å². The second-order valence-corrected chi connectivity index (χ2v) is 5.33. The second-order valence-electron chi connectivity index (χ2n) is 5.33. The zero-order chi connectivity index (χ0) is 16.6. The van der Waals surface area contributed by atoms with Crippen LogP contribution in [0, 0.1) is 0 Å². The number of oxime groups is 1. The molecule has 0 bridgehead atoms. The van der Waals surface area contributed by atoms with Gasteiger partial charge in [-0.1, -0.05) is 65.8 Å². The number of benzene rings is 2. The quantitative estimate of drug-likeness (QED) is 0.553. The van der Waals surface area contributed by atoms with E-state index in [1.54, 1.807) is 18.3 Å². The van der Waals surface area contributed by atoms with Crippen molar-refractivity contribution in [2.24, 2.45) is 5.16 Å². The molecule has 4 nitrogen and oxygen atoms in total. The molecule has 0 amide bonds. The summed E-state index contributed by atoms with van der Waals surface area (Å²) in [5.41, 5.74) is 3.14. The van der Waals surface area contributed by atoms with Crippen LogP contribution in [0.3, 0.4) is 0 Å². The molecule has 120 valence electrons. The summed E-state index contributed by atoms with van der Waals surface area (Å²) in [5, 5.41) is 14.3. The van der Waals surface area contributed by atoms with Crippen LogP contribution in [0.25, 0.3) is 0 Å². The molecule has 0 aliphatic rings. The van der Waals surface area contributed by atoms with E-state index in [0.717, 1.165) is 11.1 Å². The number of hydrogen-bond donors (Lipinski definition) is 1. The highest BCUT2D eigenvalue weighted by atomic mass is 16.6. The number of rotatable bonds is 6. The number of nitrogens with zero attached hydrogens (tertiary/aromatic N) is 2. The van der Waals surface area contributed by atoms with Crippen LogP contribution < -0.4 is 0 Å². The molecule has 0 radical (unpaired) electrons. The van der Waals surface area contributed by atoms with Gasteiger partial charge in [-0.2, -0.15) is 0 Å². The Hall–Kier alpha value is -3.14. The molecule has 3 rings (SSSR count). The largest absolute Gasteiger partial charge is 0.506 e. The second kappa shape index (κ2) is 7.92. The van der Waals surface area contributed by atoms with E-state index in [4.69, 9.17) is 4.84 Å². The van der Waals surface area contributed by atoms with Gasteiger partial charge >= 0.3 is 0 Å². The van der Waals surface area contributed by atoms with Crippen LogP contribution in [0.15, 0.2) is 84.1 Å². The molecule has 1 N–H and O–H groups in total. The molecule has 24 heavy (non-hydrogen) atoms. The van der Waals surface area contributed by atoms with E-state index in [-0.39, 0.29) is 5.75 Å². The standard InChI is InChI=1S/C20H18N2O2/c23-19-12-7-13-21-20(19)18(14-16-8-3-1-4-9-16)22-24-15-17-10-5-2-6-11-17/h1-13,23H,14-15H2. The third kappa shape index (κ3) is 4.20. The Kier molecular flexibility index (Phi) is 5.20. The van der Waals surface area contributed by atoms with E-state index in [2.05, 4.69) is 10.1 Å². The summed E-state index contributed by atoms with van der Waals surface area (Å²) in [4.78, 5) is 9.74. The van der Waals surface area contributed by atoms with E-state index in [9.17, 15) is 5.11 Å². The third-order valence-corrected chi connectivity index (χ3v) is 3.52. The highest BCUT2D eigenvalue weighted by Crippen LogP contribution is 2.17. The predicted octanol–water partition coefficient (Wildman–Crippen LogP) is 3.95. The number of hydrogen-bond acceptors (Lipinski definition) is 4. The zero-order valence-corrected chi connectivity index (χ0v) is 13.2. The lowest BCUT2D eigenvalue weighted by Gasteiger charge is -2.08. The monoisotopic (exact) mass is 318 g/mol. The summed E-state index contributed by atoms with van der Waals surface area (Å²) in [6.45, 7) is 0.368. The fourth-order valence-corrected chi connectivity index (χ4v) is 2.33. The lowest BCUT2D eigenvalue weighted by atomic mass is 10.1. The smallest absolute Gasteiger partial charge is 0.143 e. The molecule has 0 saturated carbocycles. The normalized spacial score (nSPS) is 11.2. The maximum Gasteiger partial charge on any atom is 0.143 e. The van der Waals surface area contributed by atoms with Crippen LogP contribution in [0.2, 0.25) is 0 Å². The van der Waals surface area contributed by atoms with Crippen LogP contribution in [0.5, 0.6) is 5.75 Å². The van der Waals surface area contributed by atoms with Gasteiger partial charge in [-0.3, -0.25) is 4.98 Å². The molecular formula is C20H18N2O2. The van der Waals surface area contributed by atoms with Gasteiger partial charge in [0, 0.05) is 12.6 Å². The Bertz CT molecular complexity index is 802. The maximum absolute atomic E-state index is 10.1. The Labute approximate surface area is 141 Å². The maximum atomic E-state index is 10.1. The lowest BCUT2D eigenvalue weighted by molar-refractivity contribution is 0.130. The minimum Gasteiger partial charge on any atom is -0.506 e. The highest BCUT2D eigenvalue weighted by molar-refractivity contribution is 6.01. The van der Waals surface area contributed by atoms with Crippen LogP contribution in [0.1, 0.15) is 16.8 Å². The predicted molar refractivity (Wildman–Crippen MR) is 93.8 cm³/mol. The van der Waals surface area contributed by atoms with Crippen molar-refractivity contribution < 1.29 is 9.94 Å². The molecule has 0 aliphatic carbocycles. The van der Waals surface area contributed by atoms with Gasteiger partial charge in [-0.05, 0) is 23.3 Å². The first-order valence-electron chi connectivity index (χ1n) is 7.74. The Morgan fingerprint density at radius 1 is 0.875 bits per heavy atom. The minimum absolute atomic E-state index is 0.0930. The van der Waals surface area contributed by atoms with Gasteiger partial charge in [0.1, 0.15) is 23.8 Å². The average molecular weight is 318 g/mol. The van der Waals surface area contributed by atoms with Crippen molar-refractivity contribution in [3.63, 3.8) is 0 Å². The molecule has 0 spiro atoms. The molecule has 0 atom stereocenters. The Morgan fingerprint density at radius 2 is 1.54 bits per heavy atom. The van der Waals surface area contributed by atoms with Crippen molar-refractivity contribution in [3.05, 3.63) is 95.8 Å². The lowest BCUT2D eigenvalue weighted by Crippen LogP contribution is -2.09. The molecule has 0 fully saturated rings. The van der Waals surface area contributed by atoms with Gasteiger partial charge in [0.25, 0.3) is 0 Å². The van der Waals surface area contributed by atoms with Crippen molar-refractivity contribution in [1.82, 2.24) is 4.98 Å². The van der Waals surface area contributed by atoms with Crippen molar-refractivity contribution in [3.8, 4) is 5.75 Å². The summed E-state index contributed by atoms with van der Waals surface area (Å²) in [6.07, 6.45) is 2.16. The van der Waals surface area contributed by atoms with E-state index >= 15 is 0 Å². The first-order valence-corrected chi connectivity index (χ1v) is 7.74. The van der Waals surface area contributed by atoms with Crippen molar-refractivity contribution >= 4 is 5.71 Å². The number of pyridine rings is 1. The first kappa shape index (κ1) is 15.7. The molecule has 3 aromatic rings. The van der Waals surface area contributed by atoms with E-state index in [1.165, 1.54) is 0 Å². The van der Waals surface area contributed by atoms with Crippen LogP contribution in [0.4, 0.5) is 0 Å². The molecule has 0 unspecified atom stereocenters. The third-order valence-electron chi connectivity index (χ3n) is 3.52. The Morgan fingerprint density at radius 3 is 2.21 bits per heavy atom.